The molecule has 0 N–H and O–H groups in total. The summed E-state index contributed by atoms with van der Waals surface area (Å²) in [5.41, 5.74) is 4.84. The molecule has 0 bridgehead atoms. The highest BCUT2D eigenvalue weighted by atomic mass is 16.1. The zero-order chi connectivity index (χ0) is 14.6. The Labute approximate surface area is 117 Å². The number of hydrogen-bond donors (Lipinski definition) is 0. The van der Waals surface area contributed by atoms with Gasteiger partial charge in [-0.25, -0.2) is 0 Å². The van der Waals surface area contributed by atoms with Gasteiger partial charge in [-0.15, -0.1) is 0 Å². The van der Waals surface area contributed by atoms with E-state index in [2.05, 4.69) is 60.6 Å². The standard InChI is InChI=1S/C18H26O/c1-8-17(6)15-13(3)9-12(2)10-14(15)16(4,5)18(17,7)11-19/h9-11H,8H2,1-7H3. The van der Waals surface area contributed by atoms with Crippen molar-refractivity contribution in [3.63, 3.8) is 0 Å². The molecule has 1 heteroatoms. The average Bonchev–Trinajstić information content (AvgIpc) is 2.47. The second-order valence-electron chi connectivity index (χ2n) is 7.14. The Morgan fingerprint density at radius 3 is 2.16 bits per heavy atom. The highest BCUT2D eigenvalue weighted by molar-refractivity contribution is 5.72. The lowest BCUT2D eigenvalue weighted by atomic mass is 9.57. The Morgan fingerprint density at radius 2 is 1.68 bits per heavy atom. The predicted molar refractivity (Wildman–Crippen MR) is 80.8 cm³/mol. The Balaban J connectivity index is 2.92. The first-order valence-corrected chi connectivity index (χ1v) is 7.24. The Kier molecular flexibility index (Phi) is 2.97. The van der Waals surface area contributed by atoms with Crippen LogP contribution in [0.5, 0.6) is 0 Å². The minimum Gasteiger partial charge on any atom is -0.303 e. The largest absolute Gasteiger partial charge is 0.303 e. The van der Waals surface area contributed by atoms with E-state index in [4.69, 9.17) is 0 Å². The number of hydrogen-bond acceptors (Lipinski definition) is 1. The van der Waals surface area contributed by atoms with Crippen LogP contribution in [0.25, 0.3) is 0 Å². The number of carbonyl (C=O) groups excluding carboxylic acids is 1. The van der Waals surface area contributed by atoms with Crippen LogP contribution in [0, 0.1) is 19.3 Å². The van der Waals surface area contributed by atoms with Crippen LogP contribution in [-0.2, 0) is 15.6 Å². The van der Waals surface area contributed by atoms with Crippen molar-refractivity contribution in [2.75, 3.05) is 0 Å². The van der Waals surface area contributed by atoms with E-state index >= 15 is 0 Å². The third kappa shape index (κ3) is 1.45. The molecular weight excluding hydrogens is 232 g/mol. The lowest BCUT2D eigenvalue weighted by Gasteiger charge is -2.44. The fourth-order valence-electron chi connectivity index (χ4n) is 4.24. The van der Waals surface area contributed by atoms with Crippen LogP contribution >= 0.6 is 0 Å². The van der Waals surface area contributed by atoms with E-state index in [9.17, 15) is 4.79 Å². The quantitative estimate of drug-likeness (QED) is 0.715. The first-order chi connectivity index (χ1) is 8.65. The molecule has 0 saturated heterocycles. The van der Waals surface area contributed by atoms with Crippen LogP contribution in [0.3, 0.4) is 0 Å². The van der Waals surface area contributed by atoms with Crippen LogP contribution in [0.15, 0.2) is 12.1 Å². The summed E-state index contributed by atoms with van der Waals surface area (Å²) < 4.78 is 0. The van der Waals surface area contributed by atoms with Crippen molar-refractivity contribution in [2.45, 2.75) is 65.7 Å². The lowest BCUT2D eigenvalue weighted by Crippen LogP contribution is -2.47. The number of carbonyl (C=O) groups is 1. The molecule has 0 heterocycles. The van der Waals surface area contributed by atoms with Crippen molar-refractivity contribution in [3.05, 3.63) is 34.4 Å². The van der Waals surface area contributed by atoms with Crippen molar-refractivity contribution in [1.29, 1.82) is 0 Å². The fraction of sp³-hybridized carbons (Fsp3) is 0.611. The summed E-state index contributed by atoms with van der Waals surface area (Å²) in [6.45, 7) is 15.4. The molecule has 19 heavy (non-hydrogen) atoms. The first-order valence-electron chi connectivity index (χ1n) is 7.24. The molecule has 0 aromatic heterocycles. The van der Waals surface area contributed by atoms with Gasteiger partial charge in [0.1, 0.15) is 6.29 Å². The number of fused-ring (bicyclic) bond motifs is 1. The molecule has 2 rings (SSSR count). The molecule has 104 valence electrons. The van der Waals surface area contributed by atoms with Crippen LogP contribution in [0.1, 0.15) is 63.3 Å². The summed E-state index contributed by atoms with van der Waals surface area (Å²) >= 11 is 0. The number of aryl methyl sites for hydroxylation is 2. The monoisotopic (exact) mass is 258 g/mol. The molecule has 0 radical (unpaired) electrons. The van der Waals surface area contributed by atoms with Gasteiger partial charge >= 0.3 is 0 Å². The predicted octanol–water partition coefficient (Wildman–Crippen LogP) is 4.47. The SMILES string of the molecule is CCC1(C)c2c(C)cc(C)cc2C(C)(C)C1(C)C=O. The van der Waals surface area contributed by atoms with Gasteiger partial charge in [0.05, 0.1) is 0 Å². The van der Waals surface area contributed by atoms with Gasteiger partial charge in [-0.05, 0) is 37.0 Å². The molecule has 2 atom stereocenters. The molecule has 1 aliphatic rings. The Morgan fingerprint density at radius 1 is 1.11 bits per heavy atom. The summed E-state index contributed by atoms with van der Waals surface area (Å²) in [6, 6.07) is 4.53. The van der Waals surface area contributed by atoms with Gasteiger partial charge in [-0.3, -0.25) is 0 Å². The topological polar surface area (TPSA) is 17.1 Å². The molecule has 1 nitrogen and oxygen atoms in total. The normalized spacial score (nSPS) is 32.2. The van der Waals surface area contributed by atoms with E-state index in [0.717, 1.165) is 6.42 Å². The zero-order valence-corrected chi connectivity index (χ0v) is 13.3. The Hall–Kier alpha value is -1.11. The lowest BCUT2D eigenvalue weighted by molar-refractivity contribution is -0.122. The molecule has 0 aliphatic heterocycles. The smallest absolute Gasteiger partial charge is 0.127 e. The van der Waals surface area contributed by atoms with Gasteiger partial charge in [0, 0.05) is 16.2 Å². The number of benzene rings is 1. The minimum absolute atomic E-state index is 0.0780. The van der Waals surface area contributed by atoms with E-state index in [-0.39, 0.29) is 16.2 Å². The second-order valence-corrected chi connectivity index (χ2v) is 7.14. The molecule has 0 fully saturated rings. The van der Waals surface area contributed by atoms with Crippen molar-refractivity contribution < 1.29 is 4.79 Å². The van der Waals surface area contributed by atoms with Crippen molar-refractivity contribution in [3.8, 4) is 0 Å². The average molecular weight is 258 g/mol. The summed E-state index contributed by atoms with van der Waals surface area (Å²) in [4.78, 5) is 12.0. The van der Waals surface area contributed by atoms with Gasteiger partial charge < -0.3 is 4.79 Å². The van der Waals surface area contributed by atoms with Gasteiger partial charge in [0.15, 0.2) is 0 Å². The highest BCUT2D eigenvalue weighted by Gasteiger charge is 2.61. The van der Waals surface area contributed by atoms with Crippen LogP contribution in [-0.4, -0.2) is 6.29 Å². The highest BCUT2D eigenvalue weighted by Crippen LogP contribution is 2.62. The third-order valence-corrected chi connectivity index (χ3v) is 6.09. The molecule has 0 amide bonds. The van der Waals surface area contributed by atoms with Crippen LogP contribution in [0.4, 0.5) is 0 Å². The van der Waals surface area contributed by atoms with Crippen LogP contribution < -0.4 is 0 Å². The fourth-order valence-corrected chi connectivity index (χ4v) is 4.24. The van der Waals surface area contributed by atoms with Gasteiger partial charge in [0.25, 0.3) is 0 Å². The maximum atomic E-state index is 12.0. The maximum absolute atomic E-state index is 12.0. The molecule has 0 saturated carbocycles. The second kappa shape index (κ2) is 3.94. The third-order valence-electron chi connectivity index (χ3n) is 6.09. The summed E-state index contributed by atoms with van der Waals surface area (Å²) in [5.74, 6) is 0. The maximum Gasteiger partial charge on any atom is 0.127 e. The molecular formula is C18H26O. The molecule has 1 aromatic rings. The van der Waals surface area contributed by atoms with E-state index in [1.807, 2.05) is 0 Å². The summed E-state index contributed by atoms with van der Waals surface area (Å²) in [6.07, 6.45) is 2.19. The van der Waals surface area contributed by atoms with Gasteiger partial charge in [-0.1, -0.05) is 52.3 Å². The van der Waals surface area contributed by atoms with Crippen molar-refractivity contribution >= 4 is 6.29 Å². The van der Waals surface area contributed by atoms with Crippen molar-refractivity contribution in [2.24, 2.45) is 5.41 Å². The molecule has 2 unspecified atom stereocenters. The van der Waals surface area contributed by atoms with E-state index < -0.39 is 0 Å². The summed E-state index contributed by atoms with van der Waals surface area (Å²) in [7, 11) is 0. The van der Waals surface area contributed by atoms with Gasteiger partial charge in [-0.2, -0.15) is 0 Å². The van der Waals surface area contributed by atoms with E-state index in [1.165, 1.54) is 28.5 Å². The number of rotatable bonds is 2. The van der Waals surface area contributed by atoms with E-state index in [1.54, 1.807) is 0 Å². The molecule has 0 spiro atoms. The number of aldehydes is 1. The zero-order valence-electron chi connectivity index (χ0n) is 13.3. The minimum atomic E-state index is -0.352. The summed E-state index contributed by atoms with van der Waals surface area (Å²) in [5, 5.41) is 0. The van der Waals surface area contributed by atoms with Gasteiger partial charge in [0.2, 0.25) is 0 Å². The molecule has 1 aromatic carbocycles. The Bertz CT molecular complexity index is 541. The first kappa shape index (κ1) is 14.3. The molecule has 1 aliphatic carbocycles. The van der Waals surface area contributed by atoms with Crippen molar-refractivity contribution in [1.82, 2.24) is 0 Å². The van der Waals surface area contributed by atoms with E-state index in [0.29, 0.717) is 0 Å². The van der Waals surface area contributed by atoms with Crippen LogP contribution in [0.2, 0.25) is 0 Å².